The van der Waals surface area contributed by atoms with Crippen LogP contribution in [0.2, 0.25) is 0 Å². The van der Waals surface area contributed by atoms with Crippen molar-refractivity contribution < 1.29 is 19.1 Å². The van der Waals surface area contributed by atoms with E-state index in [1.165, 1.54) is 13.2 Å². The van der Waals surface area contributed by atoms with Gasteiger partial charge in [0.2, 0.25) is 5.91 Å². The predicted octanol–water partition coefficient (Wildman–Crippen LogP) is 1.69. The Morgan fingerprint density at radius 1 is 1.67 bits per heavy atom. The second-order valence-electron chi connectivity index (χ2n) is 2.98. The van der Waals surface area contributed by atoms with Gasteiger partial charge >= 0.3 is 5.97 Å². The van der Waals surface area contributed by atoms with Crippen molar-refractivity contribution in [1.82, 2.24) is 5.32 Å². The van der Waals surface area contributed by atoms with Gasteiger partial charge in [0.25, 0.3) is 0 Å². The smallest absolute Gasteiger partial charge is 0.305 e. The van der Waals surface area contributed by atoms with Gasteiger partial charge in [-0.05, 0) is 22.0 Å². The fraction of sp³-hybridized carbons (Fsp3) is 0.333. The Kier molecular flexibility index (Phi) is 3.90. The average molecular weight is 276 g/mol. The summed E-state index contributed by atoms with van der Waals surface area (Å²) in [5, 5.41) is 11.2. The van der Waals surface area contributed by atoms with Crippen LogP contribution < -0.4 is 5.32 Å². The molecule has 82 valence electrons. The summed E-state index contributed by atoms with van der Waals surface area (Å²) >= 11 is 3.21. The van der Waals surface area contributed by atoms with Crippen molar-refractivity contribution in [1.29, 1.82) is 0 Å². The van der Waals surface area contributed by atoms with E-state index >= 15 is 0 Å². The summed E-state index contributed by atoms with van der Waals surface area (Å²) in [5.41, 5.74) is 0. The van der Waals surface area contributed by atoms with Crippen molar-refractivity contribution in [2.24, 2.45) is 0 Å². The summed E-state index contributed by atoms with van der Waals surface area (Å²) in [6.07, 6.45) is 1.21. The van der Waals surface area contributed by atoms with Gasteiger partial charge in [-0.1, -0.05) is 0 Å². The number of nitrogens with one attached hydrogen (secondary N) is 1. The first-order chi connectivity index (χ1) is 7.00. The zero-order chi connectivity index (χ0) is 11.4. The first-order valence-electron chi connectivity index (χ1n) is 4.22. The third-order valence-electron chi connectivity index (χ3n) is 1.72. The van der Waals surface area contributed by atoms with Crippen LogP contribution in [0.5, 0.6) is 0 Å². The number of carboxylic acids is 1. The second-order valence-corrected chi connectivity index (χ2v) is 3.84. The zero-order valence-corrected chi connectivity index (χ0v) is 9.58. The molecular weight excluding hydrogens is 266 g/mol. The molecule has 1 heterocycles. The van der Waals surface area contributed by atoms with Crippen molar-refractivity contribution in [3.8, 4) is 0 Å². The van der Waals surface area contributed by atoms with Gasteiger partial charge in [0.15, 0.2) is 0 Å². The molecule has 0 aliphatic carbocycles. The minimum atomic E-state index is -1.00. The van der Waals surface area contributed by atoms with E-state index < -0.39 is 12.0 Å². The molecule has 1 rings (SSSR count). The van der Waals surface area contributed by atoms with Crippen molar-refractivity contribution in [2.75, 3.05) is 0 Å². The van der Waals surface area contributed by atoms with Gasteiger partial charge < -0.3 is 14.8 Å². The molecule has 2 N–H and O–H groups in total. The molecule has 0 saturated heterocycles. The molecule has 1 amide bonds. The molecule has 0 aliphatic heterocycles. The highest BCUT2D eigenvalue weighted by atomic mass is 79.9. The van der Waals surface area contributed by atoms with Crippen molar-refractivity contribution in [2.45, 2.75) is 19.4 Å². The molecule has 1 aromatic heterocycles. The normalized spacial score (nSPS) is 12.1. The lowest BCUT2D eigenvalue weighted by Gasteiger charge is -2.13. The first kappa shape index (κ1) is 11.8. The highest BCUT2D eigenvalue weighted by Crippen LogP contribution is 2.26. The lowest BCUT2D eigenvalue weighted by molar-refractivity contribution is -0.137. The molecule has 6 heteroatoms. The van der Waals surface area contributed by atoms with Crippen LogP contribution in [0, 0.1) is 0 Å². The number of hydrogen-bond donors (Lipinski definition) is 2. The predicted molar refractivity (Wildman–Crippen MR) is 55.2 cm³/mol. The maximum absolute atomic E-state index is 10.9. The molecule has 0 aromatic carbocycles. The summed E-state index contributed by atoms with van der Waals surface area (Å²) in [7, 11) is 0. The van der Waals surface area contributed by atoms with Crippen LogP contribution >= 0.6 is 15.9 Å². The lowest BCUT2D eigenvalue weighted by Crippen LogP contribution is -2.27. The standard InChI is InChI=1S/C9H10BrNO4/c1-5(12)11-7(4-8(13)14)9-6(10)2-3-15-9/h2-3,7H,4H2,1H3,(H,11,12)(H,13,14)/t7-/m0/s1. The van der Waals surface area contributed by atoms with E-state index in [2.05, 4.69) is 21.2 Å². The van der Waals surface area contributed by atoms with Gasteiger partial charge in [-0.3, -0.25) is 9.59 Å². The third-order valence-corrected chi connectivity index (χ3v) is 2.37. The molecule has 1 atom stereocenters. The van der Waals surface area contributed by atoms with E-state index in [0.717, 1.165) is 0 Å². The van der Waals surface area contributed by atoms with Crippen LogP contribution in [0.25, 0.3) is 0 Å². The maximum atomic E-state index is 10.9. The average Bonchev–Trinajstić information content (AvgIpc) is 2.48. The van der Waals surface area contributed by atoms with E-state index in [0.29, 0.717) is 10.2 Å². The van der Waals surface area contributed by atoms with E-state index in [4.69, 9.17) is 9.52 Å². The van der Waals surface area contributed by atoms with Crippen LogP contribution in [0.15, 0.2) is 21.2 Å². The Labute approximate surface area is 94.6 Å². The molecule has 0 aliphatic rings. The van der Waals surface area contributed by atoms with Gasteiger partial charge in [0.1, 0.15) is 5.76 Å². The monoisotopic (exact) mass is 275 g/mol. The van der Waals surface area contributed by atoms with Crippen LogP contribution in [0.3, 0.4) is 0 Å². The highest BCUT2D eigenvalue weighted by molar-refractivity contribution is 9.10. The quantitative estimate of drug-likeness (QED) is 0.877. The van der Waals surface area contributed by atoms with Gasteiger partial charge in [-0.15, -0.1) is 0 Å². The number of carboxylic acid groups (broad SMARTS) is 1. The van der Waals surface area contributed by atoms with E-state index in [9.17, 15) is 9.59 Å². The number of amides is 1. The maximum Gasteiger partial charge on any atom is 0.305 e. The molecule has 0 radical (unpaired) electrons. The van der Waals surface area contributed by atoms with E-state index in [1.807, 2.05) is 0 Å². The van der Waals surface area contributed by atoms with Crippen LogP contribution in [-0.4, -0.2) is 17.0 Å². The number of halogens is 1. The molecule has 0 spiro atoms. The topological polar surface area (TPSA) is 79.5 Å². The van der Waals surface area contributed by atoms with Crippen LogP contribution in [-0.2, 0) is 9.59 Å². The minimum Gasteiger partial charge on any atom is -0.481 e. The van der Waals surface area contributed by atoms with Gasteiger partial charge in [0, 0.05) is 6.92 Å². The molecule has 0 unspecified atom stereocenters. The summed E-state index contributed by atoms with van der Waals surface area (Å²) in [6.45, 7) is 1.33. The zero-order valence-electron chi connectivity index (χ0n) is 7.99. The molecular formula is C9H10BrNO4. The Hall–Kier alpha value is -1.30. The van der Waals surface area contributed by atoms with Gasteiger partial charge in [-0.25, -0.2) is 0 Å². The largest absolute Gasteiger partial charge is 0.481 e. The Bertz CT molecular complexity index is 358. The summed E-state index contributed by atoms with van der Waals surface area (Å²) in [4.78, 5) is 21.5. The molecule has 1 aromatic rings. The molecule has 5 nitrogen and oxygen atoms in total. The minimum absolute atomic E-state index is 0.217. The number of hydrogen-bond acceptors (Lipinski definition) is 3. The molecule has 0 saturated carbocycles. The highest BCUT2D eigenvalue weighted by Gasteiger charge is 2.21. The number of carbonyl (C=O) groups is 2. The molecule has 0 bridgehead atoms. The van der Waals surface area contributed by atoms with E-state index in [-0.39, 0.29) is 12.3 Å². The van der Waals surface area contributed by atoms with Gasteiger partial charge in [-0.2, -0.15) is 0 Å². The number of furan rings is 1. The van der Waals surface area contributed by atoms with Crippen molar-refractivity contribution >= 4 is 27.8 Å². The second kappa shape index (κ2) is 4.97. The first-order valence-corrected chi connectivity index (χ1v) is 5.01. The van der Waals surface area contributed by atoms with Crippen LogP contribution in [0.1, 0.15) is 25.1 Å². The Morgan fingerprint density at radius 2 is 2.33 bits per heavy atom. The molecule has 15 heavy (non-hydrogen) atoms. The van der Waals surface area contributed by atoms with Crippen molar-refractivity contribution in [3.05, 3.63) is 22.6 Å². The van der Waals surface area contributed by atoms with Crippen LogP contribution in [0.4, 0.5) is 0 Å². The SMILES string of the molecule is CC(=O)N[C@@H](CC(=O)O)c1occc1Br. The van der Waals surface area contributed by atoms with Crippen molar-refractivity contribution in [3.63, 3.8) is 0 Å². The molecule has 0 fully saturated rings. The summed E-state index contributed by atoms with van der Waals surface area (Å²) in [5.74, 6) is -0.894. The fourth-order valence-corrected chi connectivity index (χ4v) is 1.66. The number of aliphatic carboxylic acids is 1. The Balaban J connectivity index is 2.85. The lowest BCUT2D eigenvalue weighted by atomic mass is 10.1. The Morgan fingerprint density at radius 3 is 2.73 bits per heavy atom. The van der Waals surface area contributed by atoms with E-state index in [1.54, 1.807) is 6.07 Å². The summed E-state index contributed by atoms with van der Waals surface area (Å²) < 4.78 is 5.74. The van der Waals surface area contributed by atoms with Gasteiger partial charge in [0.05, 0.1) is 23.2 Å². The summed E-state index contributed by atoms with van der Waals surface area (Å²) in [6, 6.07) is 0.996. The fourth-order valence-electron chi connectivity index (χ4n) is 1.18. The number of carbonyl (C=O) groups excluding carboxylic acids is 1. The number of rotatable bonds is 4. The third kappa shape index (κ3) is 3.39.